The molecule has 4 aliphatic rings. The van der Waals surface area contributed by atoms with E-state index in [4.69, 9.17) is 5.11 Å². The van der Waals surface area contributed by atoms with Crippen molar-refractivity contribution in [1.82, 2.24) is 5.32 Å². The van der Waals surface area contributed by atoms with Crippen molar-refractivity contribution in [2.24, 2.45) is 29.6 Å². The van der Waals surface area contributed by atoms with E-state index in [0.717, 1.165) is 11.8 Å². The Hall–Kier alpha value is -0.570. The molecule has 0 unspecified atom stereocenters. The highest BCUT2D eigenvalue weighted by Crippen LogP contribution is 2.56. The van der Waals surface area contributed by atoms with E-state index in [1.807, 2.05) is 6.92 Å². The van der Waals surface area contributed by atoms with Gasteiger partial charge in [-0.05, 0) is 62.7 Å². The number of carbonyl (C=O) groups is 1. The number of nitrogens with one attached hydrogen (secondary N) is 1. The van der Waals surface area contributed by atoms with E-state index < -0.39 is 0 Å². The molecule has 0 aromatic rings. The van der Waals surface area contributed by atoms with E-state index in [2.05, 4.69) is 5.32 Å². The van der Waals surface area contributed by atoms with E-state index in [0.29, 0.717) is 11.8 Å². The highest BCUT2D eigenvalue weighted by Gasteiger charge is 2.50. The van der Waals surface area contributed by atoms with Crippen LogP contribution >= 0.6 is 0 Å². The van der Waals surface area contributed by atoms with Gasteiger partial charge in [0.1, 0.15) is 0 Å². The van der Waals surface area contributed by atoms with Crippen LogP contribution < -0.4 is 5.32 Å². The smallest absolute Gasteiger partial charge is 0.223 e. The maximum absolute atomic E-state index is 12.3. The van der Waals surface area contributed by atoms with Crippen LogP contribution in [0.5, 0.6) is 0 Å². The molecule has 2 N–H and O–H groups in total. The third-order valence-electron chi connectivity index (χ3n) is 5.19. The minimum Gasteiger partial charge on any atom is -0.394 e. The summed E-state index contributed by atoms with van der Waals surface area (Å²) in [6.07, 6.45) is 6.53. The van der Waals surface area contributed by atoms with Crippen molar-refractivity contribution >= 4 is 5.91 Å². The molecule has 96 valence electrons. The summed E-state index contributed by atoms with van der Waals surface area (Å²) in [4.78, 5) is 12.3. The molecule has 0 saturated heterocycles. The number of hydrogen-bond donors (Lipinski definition) is 2. The van der Waals surface area contributed by atoms with Gasteiger partial charge in [0.25, 0.3) is 0 Å². The van der Waals surface area contributed by atoms with Crippen LogP contribution in [-0.4, -0.2) is 23.7 Å². The fraction of sp³-hybridized carbons (Fsp3) is 0.929. The number of aliphatic hydroxyl groups is 1. The summed E-state index contributed by atoms with van der Waals surface area (Å²) in [5, 5.41) is 12.0. The van der Waals surface area contributed by atoms with Crippen LogP contribution in [0.1, 0.15) is 39.0 Å². The van der Waals surface area contributed by atoms with Gasteiger partial charge < -0.3 is 10.4 Å². The average Bonchev–Trinajstić information content (AvgIpc) is 2.27. The van der Waals surface area contributed by atoms with Gasteiger partial charge in [-0.3, -0.25) is 4.79 Å². The summed E-state index contributed by atoms with van der Waals surface area (Å²) in [6, 6.07) is -0.0975. The minimum atomic E-state index is -0.0975. The van der Waals surface area contributed by atoms with Crippen molar-refractivity contribution in [2.75, 3.05) is 6.61 Å². The van der Waals surface area contributed by atoms with E-state index in [1.54, 1.807) is 0 Å². The third kappa shape index (κ3) is 1.99. The Morgan fingerprint density at radius 1 is 1.18 bits per heavy atom. The molecule has 4 bridgehead atoms. The molecular formula is C14H23NO2. The molecule has 0 heterocycles. The molecule has 4 fully saturated rings. The first-order valence-corrected chi connectivity index (χ1v) is 7.08. The number of rotatable bonds is 3. The van der Waals surface area contributed by atoms with Crippen molar-refractivity contribution in [1.29, 1.82) is 0 Å². The second-order valence-electron chi connectivity index (χ2n) is 6.55. The van der Waals surface area contributed by atoms with Crippen molar-refractivity contribution in [2.45, 2.75) is 45.1 Å². The number of hydrogen-bond acceptors (Lipinski definition) is 2. The van der Waals surface area contributed by atoms with Gasteiger partial charge in [0, 0.05) is 12.0 Å². The SMILES string of the molecule is C[C@@H](CO)NC(=O)C1C2CC3CC(C2)CC1C3. The maximum Gasteiger partial charge on any atom is 0.223 e. The molecule has 4 aliphatic carbocycles. The molecule has 1 atom stereocenters. The zero-order valence-electron chi connectivity index (χ0n) is 10.6. The first-order valence-electron chi connectivity index (χ1n) is 7.08. The standard InChI is InChI=1S/C14H23NO2/c1-8(7-16)15-14(17)13-11-3-9-2-10(5-11)6-12(13)4-9/h8-13,16H,2-7H2,1H3,(H,15,17)/t8-,9?,10?,11?,12?,13?/m0/s1. The maximum atomic E-state index is 12.3. The fourth-order valence-corrected chi connectivity index (χ4v) is 4.74. The number of aliphatic hydroxyl groups excluding tert-OH is 1. The zero-order valence-corrected chi connectivity index (χ0v) is 10.6. The summed E-state index contributed by atoms with van der Waals surface area (Å²) in [5.74, 6) is 3.56. The quantitative estimate of drug-likeness (QED) is 0.782. The summed E-state index contributed by atoms with van der Waals surface area (Å²) in [5.41, 5.74) is 0. The normalized spacial score (nSPS) is 44.7. The van der Waals surface area contributed by atoms with Crippen LogP contribution in [0.3, 0.4) is 0 Å². The molecule has 17 heavy (non-hydrogen) atoms. The predicted molar refractivity (Wildman–Crippen MR) is 65.2 cm³/mol. The Balaban J connectivity index is 1.69. The Labute approximate surface area is 103 Å². The van der Waals surface area contributed by atoms with Crippen molar-refractivity contribution < 1.29 is 9.90 Å². The largest absolute Gasteiger partial charge is 0.394 e. The molecule has 0 aromatic heterocycles. The monoisotopic (exact) mass is 237 g/mol. The van der Waals surface area contributed by atoms with Crippen molar-refractivity contribution in [3.63, 3.8) is 0 Å². The lowest BCUT2D eigenvalue weighted by molar-refractivity contribution is -0.139. The van der Waals surface area contributed by atoms with Crippen LogP contribution in [0.15, 0.2) is 0 Å². The fourth-order valence-electron chi connectivity index (χ4n) is 4.74. The van der Waals surface area contributed by atoms with Crippen LogP contribution in [0, 0.1) is 29.6 Å². The second-order valence-corrected chi connectivity index (χ2v) is 6.55. The van der Waals surface area contributed by atoms with Gasteiger partial charge in [0.05, 0.1) is 6.61 Å². The minimum absolute atomic E-state index is 0.0407. The Bertz CT molecular complexity index is 287. The highest BCUT2D eigenvalue weighted by molar-refractivity contribution is 5.80. The molecular weight excluding hydrogens is 214 g/mol. The van der Waals surface area contributed by atoms with Crippen molar-refractivity contribution in [3.05, 3.63) is 0 Å². The summed E-state index contributed by atoms with van der Waals surface area (Å²) in [7, 11) is 0. The van der Waals surface area contributed by atoms with Crippen LogP contribution in [0.2, 0.25) is 0 Å². The predicted octanol–water partition coefficient (Wildman–Crippen LogP) is 1.56. The average molecular weight is 237 g/mol. The van der Waals surface area contributed by atoms with Gasteiger partial charge in [-0.1, -0.05) is 0 Å². The summed E-state index contributed by atoms with van der Waals surface area (Å²) >= 11 is 0. The third-order valence-corrected chi connectivity index (χ3v) is 5.19. The van der Waals surface area contributed by atoms with E-state index in [1.165, 1.54) is 32.1 Å². The van der Waals surface area contributed by atoms with E-state index >= 15 is 0 Å². The molecule has 1 amide bonds. The summed E-state index contributed by atoms with van der Waals surface area (Å²) in [6.45, 7) is 1.91. The lowest BCUT2D eigenvalue weighted by atomic mass is 9.51. The molecule has 3 heteroatoms. The molecule has 0 aliphatic heterocycles. The molecule has 4 rings (SSSR count). The van der Waals surface area contributed by atoms with Crippen LogP contribution in [-0.2, 0) is 4.79 Å². The van der Waals surface area contributed by atoms with Gasteiger partial charge in [0.2, 0.25) is 5.91 Å². The lowest BCUT2D eigenvalue weighted by Crippen LogP contribution is -2.52. The zero-order chi connectivity index (χ0) is 12.0. The van der Waals surface area contributed by atoms with Gasteiger partial charge in [-0.2, -0.15) is 0 Å². The van der Waals surface area contributed by atoms with Crippen LogP contribution in [0.25, 0.3) is 0 Å². The Morgan fingerprint density at radius 2 is 1.71 bits per heavy atom. The first kappa shape index (κ1) is 11.5. The Kier molecular flexibility index (Phi) is 2.89. The van der Waals surface area contributed by atoms with E-state index in [-0.39, 0.29) is 24.5 Å². The number of carbonyl (C=O) groups excluding carboxylic acids is 1. The topological polar surface area (TPSA) is 49.3 Å². The van der Waals surface area contributed by atoms with Crippen LogP contribution in [0.4, 0.5) is 0 Å². The molecule has 0 aromatic carbocycles. The first-order chi connectivity index (χ1) is 8.17. The molecule has 0 spiro atoms. The van der Waals surface area contributed by atoms with E-state index in [9.17, 15) is 4.79 Å². The lowest BCUT2D eigenvalue weighted by Gasteiger charge is -2.53. The highest BCUT2D eigenvalue weighted by atomic mass is 16.3. The number of amides is 1. The Morgan fingerprint density at radius 3 is 2.18 bits per heavy atom. The van der Waals surface area contributed by atoms with Gasteiger partial charge >= 0.3 is 0 Å². The van der Waals surface area contributed by atoms with Gasteiger partial charge in [0.15, 0.2) is 0 Å². The van der Waals surface area contributed by atoms with Crippen molar-refractivity contribution in [3.8, 4) is 0 Å². The van der Waals surface area contributed by atoms with Gasteiger partial charge in [-0.15, -0.1) is 0 Å². The van der Waals surface area contributed by atoms with Gasteiger partial charge in [-0.25, -0.2) is 0 Å². The summed E-state index contributed by atoms with van der Waals surface area (Å²) < 4.78 is 0. The molecule has 4 saturated carbocycles. The molecule has 0 radical (unpaired) electrons. The second kappa shape index (κ2) is 4.27. The molecule has 3 nitrogen and oxygen atoms in total.